The number of likely N-dealkylation sites (N-methyl/N-ethyl adjacent to an activating group) is 1. The van der Waals surface area contributed by atoms with E-state index in [4.69, 9.17) is 0 Å². The first-order valence-electron chi connectivity index (χ1n) is 9.73. The van der Waals surface area contributed by atoms with Gasteiger partial charge in [-0.3, -0.25) is 4.90 Å². The molecule has 27 heavy (non-hydrogen) atoms. The molecule has 2 heteroatoms. The molecule has 3 aromatic carbocycles. The van der Waals surface area contributed by atoms with Gasteiger partial charge in [0.25, 0.3) is 0 Å². The lowest BCUT2D eigenvalue weighted by atomic mass is 10.0. The van der Waals surface area contributed by atoms with Gasteiger partial charge < -0.3 is 4.90 Å². The second-order valence-corrected chi connectivity index (χ2v) is 7.44. The van der Waals surface area contributed by atoms with Gasteiger partial charge in [-0.25, -0.2) is 0 Å². The Kier molecular flexibility index (Phi) is 5.53. The van der Waals surface area contributed by atoms with Gasteiger partial charge in [0.1, 0.15) is 0 Å². The Morgan fingerprint density at radius 1 is 0.778 bits per heavy atom. The minimum Gasteiger partial charge on any atom is -0.304 e. The summed E-state index contributed by atoms with van der Waals surface area (Å²) in [6.07, 6.45) is 0.794. The van der Waals surface area contributed by atoms with Gasteiger partial charge >= 0.3 is 0 Å². The summed E-state index contributed by atoms with van der Waals surface area (Å²) in [5, 5.41) is 2.57. The Balaban J connectivity index is 1.48. The molecule has 0 unspecified atom stereocenters. The van der Waals surface area contributed by atoms with Gasteiger partial charge in [-0.05, 0) is 47.1 Å². The number of hydrogen-bond acceptors (Lipinski definition) is 2. The lowest BCUT2D eigenvalue weighted by Crippen LogP contribution is -2.43. The van der Waals surface area contributed by atoms with Gasteiger partial charge in [0, 0.05) is 44.7 Å². The number of fused-ring (bicyclic) bond motifs is 1. The van der Waals surface area contributed by atoms with Crippen molar-refractivity contribution in [3.63, 3.8) is 0 Å². The molecule has 0 amide bonds. The number of nitrogens with zero attached hydrogens (tertiary/aromatic N) is 2. The molecule has 1 saturated heterocycles. The molecule has 0 aliphatic carbocycles. The lowest BCUT2D eigenvalue weighted by molar-refractivity contribution is 0.148. The van der Waals surface area contributed by atoms with Crippen LogP contribution in [-0.4, -0.2) is 43.0 Å². The largest absolute Gasteiger partial charge is 0.304 e. The summed E-state index contributed by atoms with van der Waals surface area (Å²) in [7, 11) is 2.20. The zero-order chi connectivity index (χ0) is 18.5. The average molecular weight is 354 g/mol. The monoisotopic (exact) mass is 354 g/mol. The van der Waals surface area contributed by atoms with E-state index in [1.807, 2.05) is 6.07 Å². The predicted octanol–water partition coefficient (Wildman–Crippen LogP) is 4.18. The maximum Gasteiger partial charge on any atom is 0.0344 e. The summed E-state index contributed by atoms with van der Waals surface area (Å²) >= 11 is 0. The van der Waals surface area contributed by atoms with Crippen molar-refractivity contribution in [2.75, 3.05) is 33.2 Å². The summed E-state index contributed by atoms with van der Waals surface area (Å²) in [5.41, 5.74) is 3.75. The van der Waals surface area contributed by atoms with Crippen LogP contribution < -0.4 is 0 Å². The molecule has 3 aromatic rings. The number of rotatable bonds is 3. The third-order valence-corrected chi connectivity index (χ3v) is 5.27. The Labute approximate surface area is 162 Å². The summed E-state index contributed by atoms with van der Waals surface area (Å²) in [6.45, 7) is 5.66. The molecular formula is C25H26N2. The van der Waals surface area contributed by atoms with Crippen molar-refractivity contribution in [3.05, 3.63) is 83.4 Å². The topological polar surface area (TPSA) is 6.48 Å². The van der Waals surface area contributed by atoms with Gasteiger partial charge in [-0.1, -0.05) is 60.4 Å². The zero-order valence-electron chi connectivity index (χ0n) is 16.0. The third-order valence-electron chi connectivity index (χ3n) is 5.27. The van der Waals surface area contributed by atoms with Crippen molar-refractivity contribution >= 4 is 10.8 Å². The second kappa shape index (κ2) is 8.39. The molecule has 1 aliphatic heterocycles. The maximum atomic E-state index is 3.33. The molecule has 1 aliphatic rings. The maximum absolute atomic E-state index is 3.33. The molecule has 2 nitrogen and oxygen atoms in total. The van der Waals surface area contributed by atoms with E-state index in [9.17, 15) is 0 Å². The fourth-order valence-corrected chi connectivity index (χ4v) is 3.58. The molecule has 0 atom stereocenters. The van der Waals surface area contributed by atoms with E-state index in [2.05, 4.69) is 89.4 Å². The van der Waals surface area contributed by atoms with Crippen LogP contribution in [0.2, 0.25) is 0 Å². The van der Waals surface area contributed by atoms with Crippen LogP contribution in [0.1, 0.15) is 16.7 Å². The van der Waals surface area contributed by atoms with Crippen LogP contribution in [-0.2, 0) is 13.0 Å². The molecule has 0 radical (unpaired) electrons. The molecule has 1 heterocycles. The van der Waals surface area contributed by atoms with Crippen molar-refractivity contribution in [3.8, 4) is 11.8 Å². The highest BCUT2D eigenvalue weighted by atomic mass is 15.2. The standard InChI is InChI=1S/C25H26N2/c1-26-14-16-27(17-15-26)20-23-11-13-24-12-10-22(18-25(24)19-23)9-5-8-21-6-3-2-4-7-21/h2-4,6-7,10-13,18-19H,8,14-17,20H2,1H3. The Hall–Kier alpha value is -2.60. The van der Waals surface area contributed by atoms with Crippen molar-refractivity contribution in [2.45, 2.75) is 13.0 Å². The highest BCUT2D eigenvalue weighted by molar-refractivity contribution is 5.84. The summed E-state index contributed by atoms with van der Waals surface area (Å²) < 4.78 is 0. The van der Waals surface area contributed by atoms with Gasteiger partial charge in [-0.2, -0.15) is 0 Å². The zero-order valence-corrected chi connectivity index (χ0v) is 16.0. The molecule has 136 valence electrons. The average Bonchev–Trinajstić information content (AvgIpc) is 2.70. The van der Waals surface area contributed by atoms with Crippen LogP contribution >= 0.6 is 0 Å². The first-order chi connectivity index (χ1) is 13.3. The lowest BCUT2D eigenvalue weighted by Gasteiger charge is -2.32. The summed E-state index contributed by atoms with van der Waals surface area (Å²) in [4.78, 5) is 4.95. The van der Waals surface area contributed by atoms with E-state index in [1.165, 1.54) is 21.9 Å². The summed E-state index contributed by atoms with van der Waals surface area (Å²) in [5.74, 6) is 6.63. The first kappa shape index (κ1) is 17.8. The molecule has 0 spiro atoms. The number of piperazine rings is 1. The minimum atomic E-state index is 0.794. The van der Waals surface area contributed by atoms with E-state index < -0.39 is 0 Å². The molecule has 0 saturated carbocycles. The van der Waals surface area contributed by atoms with Crippen LogP contribution in [0.4, 0.5) is 0 Å². The normalized spacial score (nSPS) is 15.4. The predicted molar refractivity (Wildman–Crippen MR) is 114 cm³/mol. The van der Waals surface area contributed by atoms with Crippen molar-refractivity contribution < 1.29 is 0 Å². The van der Waals surface area contributed by atoms with Crippen molar-refractivity contribution in [2.24, 2.45) is 0 Å². The molecular weight excluding hydrogens is 328 g/mol. The second-order valence-electron chi connectivity index (χ2n) is 7.44. The quantitative estimate of drug-likeness (QED) is 0.651. The van der Waals surface area contributed by atoms with E-state index in [0.29, 0.717) is 0 Å². The first-order valence-corrected chi connectivity index (χ1v) is 9.73. The van der Waals surface area contributed by atoms with Gasteiger partial charge in [-0.15, -0.1) is 0 Å². The minimum absolute atomic E-state index is 0.794. The molecule has 4 rings (SSSR count). The van der Waals surface area contributed by atoms with Crippen LogP contribution in [0.5, 0.6) is 0 Å². The van der Waals surface area contributed by atoms with E-state index in [-0.39, 0.29) is 0 Å². The van der Waals surface area contributed by atoms with Crippen LogP contribution in [0.15, 0.2) is 66.7 Å². The van der Waals surface area contributed by atoms with E-state index in [1.54, 1.807) is 0 Å². The van der Waals surface area contributed by atoms with Gasteiger partial charge in [0.05, 0.1) is 0 Å². The highest BCUT2D eigenvalue weighted by Gasteiger charge is 2.13. The number of benzene rings is 3. The number of hydrogen-bond donors (Lipinski definition) is 0. The van der Waals surface area contributed by atoms with Gasteiger partial charge in [0.15, 0.2) is 0 Å². The molecule has 1 fully saturated rings. The fraction of sp³-hybridized carbons (Fsp3) is 0.280. The smallest absolute Gasteiger partial charge is 0.0344 e. The van der Waals surface area contributed by atoms with Crippen LogP contribution in [0, 0.1) is 11.8 Å². The highest BCUT2D eigenvalue weighted by Crippen LogP contribution is 2.19. The van der Waals surface area contributed by atoms with E-state index in [0.717, 1.165) is 44.7 Å². The Bertz CT molecular complexity index is 958. The SMILES string of the molecule is CN1CCN(Cc2ccc3ccc(C#CCc4ccccc4)cc3c2)CC1. The van der Waals surface area contributed by atoms with Crippen LogP contribution in [0.25, 0.3) is 10.8 Å². The molecule has 0 bridgehead atoms. The third kappa shape index (κ3) is 4.77. The van der Waals surface area contributed by atoms with Crippen molar-refractivity contribution in [1.82, 2.24) is 9.80 Å². The Morgan fingerprint density at radius 3 is 2.37 bits per heavy atom. The fourth-order valence-electron chi connectivity index (χ4n) is 3.58. The summed E-state index contributed by atoms with van der Waals surface area (Å²) in [6, 6.07) is 23.8. The molecule has 0 aromatic heterocycles. The van der Waals surface area contributed by atoms with Gasteiger partial charge in [0.2, 0.25) is 0 Å². The van der Waals surface area contributed by atoms with Crippen LogP contribution in [0.3, 0.4) is 0 Å². The Morgan fingerprint density at radius 2 is 1.56 bits per heavy atom. The van der Waals surface area contributed by atoms with E-state index >= 15 is 0 Å². The van der Waals surface area contributed by atoms with Crippen molar-refractivity contribution in [1.29, 1.82) is 0 Å². The molecule has 0 N–H and O–H groups in total.